The second kappa shape index (κ2) is 13.5. The Bertz CT molecular complexity index is 410. The van der Waals surface area contributed by atoms with Gasteiger partial charge < -0.3 is 19.9 Å². The summed E-state index contributed by atoms with van der Waals surface area (Å²) < 4.78 is 9.57. The molecular formula is C18H33NO6. The lowest BCUT2D eigenvalue weighted by Gasteiger charge is -2.17. The number of rotatable bonds is 13. The van der Waals surface area contributed by atoms with E-state index in [1.165, 1.54) is 13.8 Å². The predicted molar refractivity (Wildman–Crippen MR) is 94.0 cm³/mol. The van der Waals surface area contributed by atoms with Gasteiger partial charge in [-0.1, -0.05) is 33.1 Å². The Morgan fingerprint density at radius 2 is 1.60 bits per heavy atom. The van der Waals surface area contributed by atoms with E-state index < -0.39 is 24.3 Å². The Morgan fingerprint density at radius 3 is 2.16 bits per heavy atom. The second-order valence-corrected chi connectivity index (χ2v) is 6.77. The molecule has 0 fully saturated rings. The fourth-order valence-electron chi connectivity index (χ4n) is 2.61. The van der Waals surface area contributed by atoms with Crippen LogP contribution in [-0.4, -0.2) is 36.0 Å². The van der Waals surface area contributed by atoms with Gasteiger partial charge in [0, 0.05) is 26.8 Å². The summed E-state index contributed by atoms with van der Waals surface area (Å²) in [6.07, 6.45) is 4.17. The maximum atomic E-state index is 11.5. The van der Waals surface area contributed by atoms with Gasteiger partial charge >= 0.3 is 18.0 Å². The number of hydrogen-bond acceptors (Lipinski definition) is 5. The smallest absolute Gasteiger partial charge is 0.410 e. The van der Waals surface area contributed by atoms with Crippen LogP contribution in [0.3, 0.4) is 0 Å². The fraction of sp³-hybridized carbons (Fsp3) is 0.833. The summed E-state index contributed by atoms with van der Waals surface area (Å²) in [7, 11) is 0. The topological polar surface area (TPSA) is 102 Å². The lowest BCUT2D eigenvalue weighted by Crippen LogP contribution is -2.30. The number of carbonyl (C=O) groups is 3. The van der Waals surface area contributed by atoms with Crippen LogP contribution in [0.15, 0.2) is 0 Å². The lowest BCUT2D eigenvalue weighted by atomic mass is 9.90. The largest absolute Gasteiger partial charge is 0.481 e. The van der Waals surface area contributed by atoms with E-state index in [1.54, 1.807) is 0 Å². The van der Waals surface area contributed by atoms with Gasteiger partial charge in [-0.3, -0.25) is 9.59 Å². The molecule has 0 aromatic rings. The molecule has 0 spiro atoms. The Hall–Kier alpha value is -1.79. The predicted octanol–water partition coefficient (Wildman–Crippen LogP) is 3.71. The van der Waals surface area contributed by atoms with Crippen LogP contribution in [-0.2, 0) is 19.1 Å². The molecule has 0 aliphatic carbocycles. The van der Waals surface area contributed by atoms with E-state index in [4.69, 9.17) is 14.6 Å². The van der Waals surface area contributed by atoms with Crippen molar-refractivity contribution in [3.8, 4) is 0 Å². The van der Waals surface area contributed by atoms with Crippen molar-refractivity contribution in [3.05, 3.63) is 0 Å². The van der Waals surface area contributed by atoms with Gasteiger partial charge in [-0.25, -0.2) is 4.79 Å². The highest BCUT2D eigenvalue weighted by Gasteiger charge is 2.13. The number of carbonyl (C=O) groups excluding carboxylic acids is 2. The van der Waals surface area contributed by atoms with Gasteiger partial charge in [0.15, 0.2) is 0 Å². The number of hydrogen-bond donors (Lipinski definition) is 2. The maximum Gasteiger partial charge on any atom is 0.410 e. The highest BCUT2D eigenvalue weighted by molar-refractivity contribution is 5.68. The number of carboxylic acids is 1. The third kappa shape index (κ3) is 15.5. The molecule has 2 atom stereocenters. The molecule has 0 aliphatic heterocycles. The number of ether oxygens (including phenoxy) is 2. The van der Waals surface area contributed by atoms with Crippen LogP contribution in [0.25, 0.3) is 0 Å². The van der Waals surface area contributed by atoms with Gasteiger partial charge in [0.2, 0.25) is 6.29 Å². The normalized spacial score (nSPS) is 13.2. The average molecular weight is 359 g/mol. The molecule has 0 heterocycles. The quantitative estimate of drug-likeness (QED) is 0.295. The molecule has 0 aromatic heterocycles. The monoisotopic (exact) mass is 359 g/mol. The van der Waals surface area contributed by atoms with Gasteiger partial charge in [-0.15, -0.1) is 0 Å². The van der Waals surface area contributed by atoms with Crippen LogP contribution >= 0.6 is 0 Å². The van der Waals surface area contributed by atoms with Crippen LogP contribution in [0.4, 0.5) is 4.79 Å². The van der Waals surface area contributed by atoms with Crippen LogP contribution in [0, 0.1) is 11.8 Å². The lowest BCUT2D eigenvalue weighted by molar-refractivity contribution is -0.162. The maximum absolute atomic E-state index is 11.5. The molecule has 25 heavy (non-hydrogen) atoms. The molecule has 1 amide bonds. The van der Waals surface area contributed by atoms with Crippen LogP contribution in [0.5, 0.6) is 0 Å². The summed E-state index contributed by atoms with van der Waals surface area (Å²) in [4.78, 5) is 33.0. The number of alkyl carbamates (subject to hydrolysis) is 1. The molecule has 0 saturated carbocycles. The SMILES string of the molecule is CC(=O)O[C@@H](C)OC(=O)NCCC[C@H](CCCC(C)C)CCC(=O)O. The molecule has 146 valence electrons. The van der Waals surface area contributed by atoms with Gasteiger partial charge in [-0.05, 0) is 31.1 Å². The van der Waals surface area contributed by atoms with E-state index in [2.05, 4.69) is 19.2 Å². The molecule has 0 saturated heterocycles. The second-order valence-electron chi connectivity index (χ2n) is 6.77. The van der Waals surface area contributed by atoms with Crippen molar-refractivity contribution >= 4 is 18.0 Å². The van der Waals surface area contributed by atoms with Gasteiger partial charge in [0.25, 0.3) is 0 Å². The number of amides is 1. The van der Waals surface area contributed by atoms with E-state index in [0.29, 0.717) is 24.8 Å². The molecule has 0 aliphatic rings. The van der Waals surface area contributed by atoms with Gasteiger partial charge in [0.1, 0.15) is 0 Å². The molecule has 0 radical (unpaired) electrons. The van der Waals surface area contributed by atoms with Crippen molar-refractivity contribution in [2.45, 2.75) is 78.9 Å². The van der Waals surface area contributed by atoms with E-state index >= 15 is 0 Å². The van der Waals surface area contributed by atoms with Gasteiger partial charge in [0.05, 0.1) is 0 Å². The molecule has 2 N–H and O–H groups in total. The van der Waals surface area contributed by atoms with Gasteiger partial charge in [-0.2, -0.15) is 0 Å². The highest BCUT2D eigenvalue weighted by Crippen LogP contribution is 2.21. The number of nitrogens with one attached hydrogen (secondary N) is 1. The summed E-state index contributed by atoms with van der Waals surface area (Å²) in [5, 5.41) is 11.5. The molecule has 0 bridgehead atoms. The Kier molecular flexibility index (Phi) is 12.5. The van der Waals surface area contributed by atoms with Crippen molar-refractivity contribution in [1.29, 1.82) is 0 Å². The number of aliphatic carboxylic acids is 1. The Balaban J connectivity index is 4.03. The third-order valence-electron chi connectivity index (χ3n) is 3.82. The van der Waals surface area contributed by atoms with Crippen molar-refractivity contribution in [2.24, 2.45) is 11.8 Å². The summed E-state index contributed by atoms with van der Waals surface area (Å²) in [6.45, 7) is 7.52. The molecule has 0 aromatic carbocycles. The van der Waals surface area contributed by atoms with Crippen LogP contribution in [0.1, 0.15) is 72.6 Å². The Labute approximate surface area is 150 Å². The van der Waals surface area contributed by atoms with E-state index in [-0.39, 0.29) is 6.42 Å². The summed E-state index contributed by atoms with van der Waals surface area (Å²) >= 11 is 0. The van der Waals surface area contributed by atoms with Crippen molar-refractivity contribution in [3.63, 3.8) is 0 Å². The standard InChI is InChI=1S/C18H33NO6/c1-13(2)7-5-8-16(10-11-17(21)22)9-6-12-19-18(23)25-15(4)24-14(3)20/h13,15-16H,5-12H2,1-4H3,(H,19,23)(H,21,22)/t15-,16+/m1/s1. The third-order valence-corrected chi connectivity index (χ3v) is 3.82. The molecule has 7 heteroatoms. The molecule has 0 rings (SSSR count). The zero-order valence-electron chi connectivity index (χ0n) is 15.9. The fourth-order valence-corrected chi connectivity index (χ4v) is 2.61. The summed E-state index contributed by atoms with van der Waals surface area (Å²) in [6, 6.07) is 0. The van der Waals surface area contributed by atoms with E-state index in [1.807, 2.05) is 0 Å². The Morgan fingerprint density at radius 1 is 0.960 bits per heavy atom. The van der Waals surface area contributed by atoms with Crippen molar-refractivity contribution < 1.29 is 29.0 Å². The molecular weight excluding hydrogens is 326 g/mol. The van der Waals surface area contributed by atoms with Crippen LogP contribution < -0.4 is 5.32 Å². The summed E-state index contributed by atoms with van der Waals surface area (Å²) in [5.74, 6) is -0.276. The summed E-state index contributed by atoms with van der Waals surface area (Å²) in [5.41, 5.74) is 0. The first-order valence-electron chi connectivity index (χ1n) is 9.04. The highest BCUT2D eigenvalue weighted by atomic mass is 16.7. The molecule has 7 nitrogen and oxygen atoms in total. The minimum Gasteiger partial charge on any atom is -0.481 e. The minimum absolute atomic E-state index is 0.182. The first-order valence-corrected chi connectivity index (χ1v) is 9.04. The zero-order valence-corrected chi connectivity index (χ0v) is 15.9. The van der Waals surface area contributed by atoms with Crippen molar-refractivity contribution in [1.82, 2.24) is 5.32 Å². The average Bonchev–Trinajstić information content (AvgIpc) is 2.46. The number of esters is 1. The number of carboxylic acid groups (broad SMARTS) is 1. The van der Waals surface area contributed by atoms with Crippen LogP contribution in [0.2, 0.25) is 0 Å². The van der Waals surface area contributed by atoms with E-state index in [9.17, 15) is 14.4 Å². The van der Waals surface area contributed by atoms with Crippen molar-refractivity contribution in [2.75, 3.05) is 6.54 Å². The minimum atomic E-state index is -0.920. The van der Waals surface area contributed by atoms with E-state index in [0.717, 1.165) is 32.1 Å². The first-order chi connectivity index (χ1) is 11.7. The molecule has 0 unspecified atom stereocenters. The zero-order chi connectivity index (χ0) is 19.2. The first kappa shape index (κ1) is 23.2.